The van der Waals surface area contributed by atoms with Gasteiger partial charge in [0.05, 0.1) is 0 Å². The lowest BCUT2D eigenvalue weighted by Gasteiger charge is -2.33. The lowest BCUT2D eigenvalue weighted by molar-refractivity contribution is 0.183. The van der Waals surface area contributed by atoms with E-state index in [1.54, 1.807) is 0 Å². The summed E-state index contributed by atoms with van der Waals surface area (Å²) < 4.78 is 0. The fraction of sp³-hybridized carbons (Fsp3) is 1.00. The van der Waals surface area contributed by atoms with Crippen LogP contribution in [0, 0.1) is 41.4 Å². The van der Waals surface area contributed by atoms with E-state index in [1.165, 1.54) is 135 Å². The molecule has 1 aliphatic carbocycles. The van der Waals surface area contributed by atoms with Crippen molar-refractivity contribution in [2.75, 3.05) is 0 Å². The second-order valence-electron chi connectivity index (χ2n) is 13.9. The van der Waals surface area contributed by atoms with Gasteiger partial charge in [-0.15, -0.1) is 0 Å². The van der Waals surface area contributed by atoms with Gasteiger partial charge >= 0.3 is 0 Å². The van der Waals surface area contributed by atoms with Gasteiger partial charge in [0.15, 0.2) is 0 Å². The van der Waals surface area contributed by atoms with Crippen LogP contribution >= 0.6 is 0 Å². The smallest absolute Gasteiger partial charge is 0.0412 e. The lowest BCUT2D eigenvalue weighted by atomic mass is 9.72. The van der Waals surface area contributed by atoms with Gasteiger partial charge in [-0.1, -0.05) is 209 Å². The average molecular weight is 629 g/mol. The van der Waals surface area contributed by atoms with E-state index < -0.39 is 0 Å². The zero-order chi connectivity index (χ0) is 31.9. The molecule has 0 heteroatoms. The number of hydrogen-bond acceptors (Lipinski definition) is 0. The summed E-state index contributed by atoms with van der Waals surface area (Å²) in [6.45, 7) is 30.1. The maximum atomic E-state index is 2.39. The largest absolute Gasteiger partial charge is 0.0776 e. The minimum absolute atomic E-state index is 0. The van der Waals surface area contributed by atoms with Crippen molar-refractivity contribution in [3.8, 4) is 0 Å². The molecule has 0 heterocycles. The molecule has 0 aromatic rings. The molecule has 0 atom stereocenters. The highest BCUT2D eigenvalue weighted by atomic mass is 14.3. The predicted molar refractivity (Wildman–Crippen MR) is 215 cm³/mol. The lowest BCUT2D eigenvalue weighted by Crippen LogP contribution is -2.21. The van der Waals surface area contributed by atoms with E-state index >= 15 is 0 Å². The average Bonchev–Trinajstić information content (AvgIpc) is 2.99. The molecule has 44 heavy (non-hydrogen) atoms. The van der Waals surface area contributed by atoms with Crippen molar-refractivity contribution in [3.63, 3.8) is 0 Å². The van der Waals surface area contributed by atoms with Crippen molar-refractivity contribution in [1.82, 2.24) is 0 Å². The van der Waals surface area contributed by atoms with Crippen molar-refractivity contribution in [1.29, 1.82) is 0 Å². The monoisotopic (exact) mass is 629 g/mol. The van der Waals surface area contributed by atoms with Crippen LogP contribution in [0.3, 0.4) is 0 Å². The van der Waals surface area contributed by atoms with Gasteiger partial charge < -0.3 is 0 Å². The van der Waals surface area contributed by atoms with Crippen LogP contribution in [0.15, 0.2) is 0 Å². The van der Waals surface area contributed by atoms with E-state index in [1.807, 2.05) is 0 Å². The molecule has 1 saturated carbocycles. The molecular formula is C44H100. The molecule has 0 nitrogen and oxygen atoms in total. The van der Waals surface area contributed by atoms with Crippen LogP contribution in [-0.2, 0) is 0 Å². The topological polar surface area (TPSA) is 0 Å². The molecule has 1 fully saturated rings. The second-order valence-corrected chi connectivity index (χ2v) is 13.9. The van der Waals surface area contributed by atoms with E-state index in [0.717, 1.165) is 41.4 Å². The molecule has 0 N–H and O–H groups in total. The molecule has 0 radical (unpaired) electrons. The third-order valence-electron chi connectivity index (χ3n) is 10.4. The van der Waals surface area contributed by atoms with Crippen molar-refractivity contribution in [2.45, 2.75) is 247 Å². The summed E-state index contributed by atoms with van der Waals surface area (Å²) in [7, 11) is 0. The number of hydrogen-bond donors (Lipinski definition) is 0. The minimum atomic E-state index is 0. The van der Waals surface area contributed by atoms with E-state index in [-0.39, 0.29) is 22.3 Å². The molecular weight excluding hydrogens is 528 g/mol. The fourth-order valence-electron chi connectivity index (χ4n) is 6.90. The van der Waals surface area contributed by atoms with Crippen LogP contribution in [0.5, 0.6) is 0 Å². The molecule has 0 aromatic carbocycles. The van der Waals surface area contributed by atoms with Crippen LogP contribution < -0.4 is 0 Å². The minimum Gasteiger partial charge on any atom is -0.0776 e. The van der Waals surface area contributed by atoms with Gasteiger partial charge in [-0.05, 0) is 80.0 Å². The molecule has 1 aliphatic rings. The maximum Gasteiger partial charge on any atom is -0.0412 e. The van der Waals surface area contributed by atoms with Crippen molar-refractivity contribution in [2.24, 2.45) is 41.4 Å². The molecule has 0 amide bonds. The molecule has 1 rings (SSSR count). The molecule has 0 spiro atoms. The first-order chi connectivity index (χ1) is 19.8. The third-order valence-corrected chi connectivity index (χ3v) is 10.4. The third kappa shape index (κ3) is 33.4. The van der Waals surface area contributed by atoms with Gasteiger partial charge in [-0.3, -0.25) is 0 Å². The van der Waals surface area contributed by atoms with Crippen LogP contribution in [0.1, 0.15) is 247 Å². The molecule has 0 unspecified atom stereocenters. The van der Waals surface area contributed by atoms with E-state index in [0.29, 0.717) is 0 Å². The standard InChI is InChI=1S/C16H32.C15H32.C7H16.C3H8.3CH4/c1-5-13-9-14(6-2)11-16(8-4)12-15(7-3)10-13;1-6-13(7-2)11-15(10-5)12-14(8-3)9-4;1-3-5-7-6-4-2;1-3-2;;;/h13-16H,5-12H2,1-4H3;13-15H,6-12H2,1-5H3;3-7H2,1-2H3;3H2,1-2H3;3*1H4. The highest BCUT2D eigenvalue weighted by molar-refractivity contribution is 4.77. The first-order valence-corrected chi connectivity index (χ1v) is 19.8. The predicted octanol–water partition coefficient (Wildman–Crippen LogP) is 17.6. The Morgan fingerprint density at radius 1 is 0.364 bits per heavy atom. The maximum absolute atomic E-state index is 2.39. The quantitative estimate of drug-likeness (QED) is 0.141. The molecule has 0 saturated heterocycles. The first-order valence-electron chi connectivity index (χ1n) is 19.8. The van der Waals surface area contributed by atoms with Gasteiger partial charge in [0.1, 0.15) is 0 Å². The van der Waals surface area contributed by atoms with Gasteiger partial charge in [-0.2, -0.15) is 0 Å². The van der Waals surface area contributed by atoms with E-state index in [9.17, 15) is 0 Å². The number of rotatable bonds is 17. The van der Waals surface area contributed by atoms with Crippen molar-refractivity contribution in [3.05, 3.63) is 0 Å². The normalized spacial score (nSPS) is 19.4. The highest BCUT2D eigenvalue weighted by Crippen LogP contribution is 2.38. The zero-order valence-electron chi connectivity index (χ0n) is 31.9. The molecule has 276 valence electrons. The van der Waals surface area contributed by atoms with Gasteiger partial charge in [0, 0.05) is 0 Å². The van der Waals surface area contributed by atoms with Crippen LogP contribution in [0.4, 0.5) is 0 Å². The Kier molecular flexibility index (Phi) is 55.1. The Labute approximate surface area is 287 Å². The van der Waals surface area contributed by atoms with Crippen LogP contribution in [-0.4, -0.2) is 0 Å². The summed E-state index contributed by atoms with van der Waals surface area (Å²) in [6.07, 6.45) is 29.8. The summed E-state index contributed by atoms with van der Waals surface area (Å²) >= 11 is 0. The molecule has 0 aromatic heterocycles. The Hall–Kier alpha value is 0. The van der Waals surface area contributed by atoms with E-state index in [4.69, 9.17) is 0 Å². The van der Waals surface area contributed by atoms with Crippen molar-refractivity contribution >= 4 is 0 Å². The Morgan fingerprint density at radius 2 is 0.591 bits per heavy atom. The molecule has 0 aliphatic heterocycles. The summed E-state index contributed by atoms with van der Waals surface area (Å²) in [5.74, 6) is 7.02. The number of unbranched alkanes of at least 4 members (excludes halogenated alkanes) is 4. The Balaban J connectivity index is -0.000000120. The van der Waals surface area contributed by atoms with Gasteiger partial charge in [0.2, 0.25) is 0 Å². The van der Waals surface area contributed by atoms with E-state index in [2.05, 4.69) is 90.0 Å². The van der Waals surface area contributed by atoms with Crippen LogP contribution in [0.2, 0.25) is 0 Å². The summed E-state index contributed by atoms with van der Waals surface area (Å²) in [5, 5.41) is 0. The Bertz CT molecular complexity index is 379. The zero-order valence-corrected chi connectivity index (χ0v) is 31.9. The fourth-order valence-corrected chi connectivity index (χ4v) is 6.90. The van der Waals surface area contributed by atoms with Crippen molar-refractivity contribution < 1.29 is 0 Å². The molecule has 0 bridgehead atoms. The second kappa shape index (κ2) is 43.0. The Morgan fingerprint density at radius 3 is 0.750 bits per heavy atom. The summed E-state index contributed by atoms with van der Waals surface area (Å²) in [4.78, 5) is 0. The van der Waals surface area contributed by atoms with Crippen LogP contribution in [0.25, 0.3) is 0 Å². The first kappa shape index (κ1) is 56.3. The summed E-state index contributed by atoms with van der Waals surface area (Å²) in [6, 6.07) is 0. The van der Waals surface area contributed by atoms with Gasteiger partial charge in [-0.25, -0.2) is 0 Å². The van der Waals surface area contributed by atoms with Gasteiger partial charge in [0.25, 0.3) is 0 Å². The summed E-state index contributed by atoms with van der Waals surface area (Å²) in [5.41, 5.74) is 0. The highest BCUT2D eigenvalue weighted by Gasteiger charge is 2.25. The SMILES string of the molecule is C.C.C.CCC.CCC(CC)CC(CC)CC(CC)CC.CCC1CC(CC)CC(CC)CC(CC)C1.CCCCCCC.